The Kier molecular flexibility index (Phi) is 5.06. The van der Waals surface area contributed by atoms with Crippen molar-refractivity contribution in [2.24, 2.45) is 0 Å². The summed E-state index contributed by atoms with van der Waals surface area (Å²) in [5, 5.41) is 3.43. The van der Waals surface area contributed by atoms with Gasteiger partial charge in [-0.3, -0.25) is 0 Å². The first kappa shape index (κ1) is 14.2. The van der Waals surface area contributed by atoms with Crippen molar-refractivity contribution in [2.45, 2.75) is 43.1 Å². The van der Waals surface area contributed by atoms with Crippen LogP contribution in [0.4, 0.5) is 0 Å². The lowest BCUT2D eigenvalue weighted by atomic mass is 10.2. The van der Waals surface area contributed by atoms with Crippen LogP contribution >= 0.6 is 11.8 Å². The minimum atomic E-state index is 0.529. The van der Waals surface area contributed by atoms with Crippen molar-refractivity contribution in [3.63, 3.8) is 0 Å². The van der Waals surface area contributed by atoms with E-state index in [0.717, 1.165) is 6.54 Å². The van der Waals surface area contributed by atoms with Gasteiger partial charge in [0.25, 0.3) is 0 Å². The molecule has 19 heavy (non-hydrogen) atoms. The molecule has 0 unspecified atom stereocenters. The van der Waals surface area contributed by atoms with Crippen molar-refractivity contribution in [3.8, 4) is 0 Å². The van der Waals surface area contributed by atoms with E-state index in [2.05, 4.69) is 74.6 Å². The van der Waals surface area contributed by atoms with Crippen LogP contribution in [0.25, 0.3) is 0 Å². The molecule has 0 aliphatic carbocycles. The molecule has 100 valence electrons. The Bertz CT molecular complexity index is 517. The molecule has 1 nitrogen and oxygen atoms in total. The predicted molar refractivity (Wildman–Crippen MR) is 83.7 cm³/mol. The molecule has 0 saturated carbocycles. The topological polar surface area (TPSA) is 12.0 Å². The van der Waals surface area contributed by atoms with Crippen LogP contribution in [-0.2, 0) is 6.54 Å². The molecule has 2 rings (SSSR count). The van der Waals surface area contributed by atoms with Crippen molar-refractivity contribution < 1.29 is 0 Å². The number of nitrogens with one attached hydrogen (secondary N) is 1. The first-order valence-electron chi connectivity index (χ1n) is 6.70. The Morgan fingerprint density at radius 3 is 2.37 bits per heavy atom. The van der Waals surface area contributed by atoms with Crippen LogP contribution in [0, 0.1) is 6.92 Å². The average Bonchev–Trinajstić information content (AvgIpc) is 2.38. The van der Waals surface area contributed by atoms with Gasteiger partial charge in [0.2, 0.25) is 0 Å². The van der Waals surface area contributed by atoms with Crippen molar-refractivity contribution in [1.82, 2.24) is 5.32 Å². The minimum Gasteiger partial charge on any atom is -0.310 e. The summed E-state index contributed by atoms with van der Waals surface area (Å²) in [6.45, 7) is 7.40. The maximum atomic E-state index is 3.43. The SMILES string of the molecule is Cc1cccc(Sc2ccc(CNC(C)C)cc2)c1. The highest BCUT2D eigenvalue weighted by Gasteiger charge is 1.99. The van der Waals surface area contributed by atoms with E-state index in [4.69, 9.17) is 0 Å². The summed E-state index contributed by atoms with van der Waals surface area (Å²) < 4.78 is 0. The number of aryl methyl sites for hydroxylation is 1. The van der Waals surface area contributed by atoms with Gasteiger partial charge in [-0.2, -0.15) is 0 Å². The van der Waals surface area contributed by atoms with Gasteiger partial charge >= 0.3 is 0 Å². The van der Waals surface area contributed by atoms with Gasteiger partial charge in [-0.1, -0.05) is 55.4 Å². The second-order valence-electron chi connectivity index (χ2n) is 5.10. The van der Waals surface area contributed by atoms with Crippen LogP contribution in [0.5, 0.6) is 0 Å². The molecule has 0 spiro atoms. The second-order valence-corrected chi connectivity index (χ2v) is 6.25. The van der Waals surface area contributed by atoms with Gasteiger partial charge in [-0.15, -0.1) is 0 Å². The summed E-state index contributed by atoms with van der Waals surface area (Å²) >= 11 is 1.81. The fourth-order valence-corrected chi connectivity index (χ4v) is 2.75. The zero-order chi connectivity index (χ0) is 13.7. The van der Waals surface area contributed by atoms with Crippen molar-refractivity contribution in [2.75, 3.05) is 0 Å². The maximum Gasteiger partial charge on any atom is 0.0207 e. The van der Waals surface area contributed by atoms with Crippen LogP contribution in [0.1, 0.15) is 25.0 Å². The molecule has 0 aliphatic heterocycles. The van der Waals surface area contributed by atoms with Crippen molar-refractivity contribution >= 4 is 11.8 Å². The number of hydrogen-bond acceptors (Lipinski definition) is 2. The first-order chi connectivity index (χ1) is 9.13. The third-order valence-electron chi connectivity index (χ3n) is 2.86. The summed E-state index contributed by atoms with van der Waals surface area (Å²) in [7, 11) is 0. The molecule has 0 amide bonds. The van der Waals surface area contributed by atoms with E-state index in [-0.39, 0.29) is 0 Å². The Labute approximate surface area is 120 Å². The molecular formula is C17H21NS. The molecule has 0 aromatic heterocycles. The maximum absolute atomic E-state index is 3.43. The highest BCUT2D eigenvalue weighted by Crippen LogP contribution is 2.28. The third-order valence-corrected chi connectivity index (χ3v) is 3.86. The van der Waals surface area contributed by atoms with E-state index >= 15 is 0 Å². The fourth-order valence-electron chi connectivity index (χ4n) is 1.81. The monoisotopic (exact) mass is 271 g/mol. The lowest BCUT2D eigenvalue weighted by molar-refractivity contribution is 0.588. The zero-order valence-electron chi connectivity index (χ0n) is 11.8. The van der Waals surface area contributed by atoms with Crippen molar-refractivity contribution in [3.05, 3.63) is 59.7 Å². The molecule has 0 bridgehead atoms. The van der Waals surface area contributed by atoms with Gasteiger partial charge in [0.15, 0.2) is 0 Å². The zero-order valence-corrected chi connectivity index (χ0v) is 12.6. The standard InChI is InChI=1S/C17H21NS/c1-13(2)18-12-15-7-9-16(10-8-15)19-17-6-4-5-14(3)11-17/h4-11,13,18H,12H2,1-3H3. The van der Waals surface area contributed by atoms with Crippen LogP contribution in [-0.4, -0.2) is 6.04 Å². The van der Waals surface area contributed by atoms with Crippen LogP contribution < -0.4 is 5.32 Å². The van der Waals surface area contributed by atoms with Crippen LogP contribution in [0.3, 0.4) is 0 Å². The molecule has 0 aliphatic rings. The Balaban J connectivity index is 1.98. The molecule has 0 atom stereocenters. The molecule has 2 heteroatoms. The second kappa shape index (κ2) is 6.78. The third kappa shape index (κ3) is 4.73. The van der Waals surface area contributed by atoms with E-state index < -0.39 is 0 Å². The van der Waals surface area contributed by atoms with E-state index in [9.17, 15) is 0 Å². The lowest BCUT2D eigenvalue weighted by Crippen LogP contribution is -2.21. The molecule has 1 N–H and O–H groups in total. The molecule has 2 aromatic carbocycles. The van der Waals surface area contributed by atoms with Crippen LogP contribution in [0.15, 0.2) is 58.3 Å². The quantitative estimate of drug-likeness (QED) is 0.850. The van der Waals surface area contributed by atoms with Gasteiger partial charge in [0.05, 0.1) is 0 Å². The lowest BCUT2D eigenvalue weighted by Gasteiger charge is -2.08. The smallest absolute Gasteiger partial charge is 0.0207 e. The molecule has 0 heterocycles. The summed E-state index contributed by atoms with van der Waals surface area (Å²) in [6, 6.07) is 17.9. The van der Waals surface area contributed by atoms with Gasteiger partial charge < -0.3 is 5.32 Å². The Morgan fingerprint density at radius 1 is 1.00 bits per heavy atom. The number of rotatable bonds is 5. The molecular weight excluding hydrogens is 250 g/mol. The van der Waals surface area contributed by atoms with Gasteiger partial charge in [-0.05, 0) is 36.8 Å². The Morgan fingerprint density at radius 2 is 1.74 bits per heavy atom. The number of hydrogen-bond donors (Lipinski definition) is 1. The van der Waals surface area contributed by atoms with Gasteiger partial charge in [-0.25, -0.2) is 0 Å². The molecule has 2 aromatic rings. The van der Waals surface area contributed by atoms with E-state index in [1.807, 2.05) is 11.8 Å². The molecule has 0 radical (unpaired) electrons. The van der Waals surface area contributed by atoms with Gasteiger partial charge in [0, 0.05) is 22.4 Å². The predicted octanol–water partition coefficient (Wildman–Crippen LogP) is 4.64. The summed E-state index contributed by atoms with van der Waals surface area (Å²) in [6.07, 6.45) is 0. The highest BCUT2D eigenvalue weighted by molar-refractivity contribution is 7.99. The first-order valence-corrected chi connectivity index (χ1v) is 7.52. The highest BCUT2D eigenvalue weighted by atomic mass is 32.2. The van der Waals surface area contributed by atoms with Crippen LogP contribution in [0.2, 0.25) is 0 Å². The minimum absolute atomic E-state index is 0.529. The average molecular weight is 271 g/mol. The molecule has 0 fully saturated rings. The Hall–Kier alpha value is -1.25. The molecule has 0 saturated heterocycles. The summed E-state index contributed by atoms with van der Waals surface area (Å²) in [5.41, 5.74) is 2.64. The van der Waals surface area contributed by atoms with E-state index in [1.165, 1.54) is 20.9 Å². The van der Waals surface area contributed by atoms with Crippen molar-refractivity contribution in [1.29, 1.82) is 0 Å². The van der Waals surface area contributed by atoms with E-state index in [1.54, 1.807) is 0 Å². The van der Waals surface area contributed by atoms with Gasteiger partial charge in [0.1, 0.15) is 0 Å². The fraction of sp³-hybridized carbons (Fsp3) is 0.294. The normalized spacial score (nSPS) is 10.9. The summed E-state index contributed by atoms with van der Waals surface area (Å²) in [5.74, 6) is 0. The van der Waals surface area contributed by atoms with E-state index in [0.29, 0.717) is 6.04 Å². The largest absolute Gasteiger partial charge is 0.310 e. The number of benzene rings is 2. The summed E-state index contributed by atoms with van der Waals surface area (Å²) in [4.78, 5) is 2.59.